The molecule has 0 aromatic heterocycles. The molecule has 90 valence electrons. The molecule has 0 aliphatic heterocycles. The molecule has 0 radical (unpaired) electrons. The SMILES string of the molecule is O=P(O)(Oc1cccc2ccccc12)SSS. The Balaban J connectivity index is 2.39. The number of hydrogen-bond acceptors (Lipinski definition) is 5. The van der Waals surface area contributed by atoms with E-state index in [1.54, 1.807) is 12.1 Å². The highest BCUT2D eigenvalue weighted by atomic mass is 33.6. The Morgan fingerprint density at radius 3 is 2.65 bits per heavy atom. The van der Waals surface area contributed by atoms with Gasteiger partial charge in [-0.2, -0.15) is 0 Å². The standard InChI is InChI=1S/C10H9O3PS3/c11-14(12,16-17-15)13-10-7-3-5-8-4-1-2-6-9(8)10/h1-7,15H,(H,11,12). The van der Waals surface area contributed by atoms with Crippen molar-refractivity contribution < 1.29 is 14.0 Å². The van der Waals surface area contributed by atoms with Gasteiger partial charge in [0.05, 0.1) is 10.4 Å². The van der Waals surface area contributed by atoms with Crippen LogP contribution < -0.4 is 4.52 Å². The Bertz CT molecular complexity index is 570. The Morgan fingerprint density at radius 2 is 1.88 bits per heavy atom. The zero-order valence-electron chi connectivity index (χ0n) is 8.52. The van der Waals surface area contributed by atoms with Crippen LogP contribution in [0.4, 0.5) is 0 Å². The number of hydrogen-bond donors (Lipinski definition) is 2. The van der Waals surface area contributed by atoms with Crippen molar-refractivity contribution in [3.63, 3.8) is 0 Å². The molecule has 0 spiro atoms. The van der Waals surface area contributed by atoms with E-state index in [1.165, 1.54) is 0 Å². The van der Waals surface area contributed by atoms with Gasteiger partial charge in [-0.3, -0.25) is 0 Å². The molecule has 0 fully saturated rings. The zero-order valence-corrected chi connectivity index (χ0v) is 11.9. The molecule has 7 heteroatoms. The quantitative estimate of drug-likeness (QED) is 0.493. The fourth-order valence-electron chi connectivity index (χ4n) is 1.46. The molecular formula is C10H9O3PS3. The third-order valence-corrected chi connectivity index (χ3v) is 7.86. The van der Waals surface area contributed by atoms with Crippen molar-refractivity contribution in [2.45, 2.75) is 0 Å². The van der Waals surface area contributed by atoms with Gasteiger partial charge in [-0.25, -0.2) is 4.57 Å². The Morgan fingerprint density at radius 1 is 1.18 bits per heavy atom. The van der Waals surface area contributed by atoms with Crippen LogP contribution in [0.1, 0.15) is 0 Å². The lowest BCUT2D eigenvalue weighted by Crippen LogP contribution is -1.88. The lowest BCUT2D eigenvalue weighted by atomic mass is 10.1. The van der Waals surface area contributed by atoms with E-state index < -0.39 is 6.80 Å². The molecule has 1 N–H and O–H groups in total. The highest BCUT2D eigenvalue weighted by Gasteiger charge is 2.23. The minimum Gasteiger partial charge on any atom is -0.416 e. The predicted octanol–water partition coefficient (Wildman–Crippen LogP) is 4.55. The number of benzene rings is 2. The maximum Gasteiger partial charge on any atom is 0.448 e. The summed E-state index contributed by atoms with van der Waals surface area (Å²) < 4.78 is 16.8. The second kappa shape index (κ2) is 5.59. The van der Waals surface area contributed by atoms with Crippen molar-refractivity contribution in [1.82, 2.24) is 0 Å². The third kappa shape index (κ3) is 3.36. The highest BCUT2D eigenvalue weighted by molar-refractivity contribution is 9.17. The van der Waals surface area contributed by atoms with Gasteiger partial charge in [-0.15, -0.1) is 0 Å². The molecule has 2 aromatic carbocycles. The van der Waals surface area contributed by atoms with E-state index in [0.717, 1.165) is 20.6 Å². The molecule has 0 heterocycles. The molecular weight excluding hydrogens is 295 g/mol. The summed E-state index contributed by atoms with van der Waals surface area (Å²) in [5.41, 5.74) is 0. The Hall–Kier alpha value is -0.260. The molecule has 0 bridgehead atoms. The number of fused-ring (bicyclic) bond motifs is 1. The summed E-state index contributed by atoms with van der Waals surface area (Å²) in [6, 6.07) is 12.9. The second-order valence-electron chi connectivity index (χ2n) is 3.19. The van der Waals surface area contributed by atoms with E-state index in [2.05, 4.69) is 11.7 Å². The average molecular weight is 304 g/mol. The first-order valence-corrected chi connectivity index (χ1v) is 10.0. The van der Waals surface area contributed by atoms with E-state index in [1.807, 2.05) is 30.3 Å². The summed E-state index contributed by atoms with van der Waals surface area (Å²) in [5.74, 6) is 0.406. The molecule has 0 saturated heterocycles. The van der Waals surface area contributed by atoms with Crippen LogP contribution in [0, 0.1) is 0 Å². The van der Waals surface area contributed by atoms with Gasteiger partial charge in [-0.05, 0) is 21.3 Å². The van der Waals surface area contributed by atoms with Crippen LogP contribution >= 0.6 is 38.7 Å². The summed E-state index contributed by atoms with van der Waals surface area (Å²) in [7, 11) is 1.61. The maximum atomic E-state index is 11.7. The monoisotopic (exact) mass is 304 g/mol. The van der Waals surface area contributed by atoms with Crippen molar-refractivity contribution >= 4 is 49.5 Å². The fraction of sp³-hybridized carbons (Fsp3) is 0. The van der Waals surface area contributed by atoms with Crippen LogP contribution in [0.5, 0.6) is 5.75 Å². The second-order valence-corrected chi connectivity index (χ2v) is 9.57. The molecule has 0 amide bonds. The summed E-state index contributed by atoms with van der Waals surface area (Å²) >= 11 is 3.82. The van der Waals surface area contributed by atoms with Crippen LogP contribution in [0.2, 0.25) is 0 Å². The van der Waals surface area contributed by atoms with Crippen molar-refractivity contribution in [2.75, 3.05) is 0 Å². The lowest BCUT2D eigenvalue weighted by molar-refractivity contribution is 0.405. The van der Waals surface area contributed by atoms with Gasteiger partial charge in [0.25, 0.3) is 0 Å². The van der Waals surface area contributed by atoms with Gasteiger partial charge >= 0.3 is 6.80 Å². The smallest absolute Gasteiger partial charge is 0.416 e. The Kier molecular flexibility index (Phi) is 4.33. The summed E-state index contributed by atoms with van der Waals surface area (Å²) in [6.45, 7) is -3.72. The van der Waals surface area contributed by atoms with E-state index in [0.29, 0.717) is 16.2 Å². The highest BCUT2D eigenvalue weighted by Crippen LogP contribution is 2.62. The molecule has 17 heavy (non-hydrogen) atoms. The van der Waals surface area contributed by atoms with Gasteiger partial charge < -0.3 is 9.42 Å². The minimum absolute atomic E-state index is 0.406. The average Bonchev–Trinajstić information content (AvgIpc) is 2.29. The van der Waals surface area contributed by atoms with Crippen LogP contribution in [-0.2, 0) is 4.57 Å². The predicted molar refractivity (Wildman–Crippen MR) is 78.6 cm³/mol. The van der Waals surface area contributed by atoms with Gasteiger partial charge in [0, 0.05) is 5.39 Å². The van der Waals surface area contributed by atoms with E-state index in [-0.39, 0.29) is 0 Å². The lowest BCUT2D eigenvalue weighted by Gasteiger charge is -2.12. The summed E-state index contributed by atoms with van der Waals surface area (Å²) in [4.78, 5) is 9.55. The molecule has 0 saturated carbocycles. The first-order valence-electron chi connectivity index (χ1n) is 4.62. The molecule has 2 rings (SSSR count). The fourth-order valence-corrected chi connectivity index (χ4v) is 5.87. The molecule has 1 unspecified atom stereocenters. The first-order chi connectivity index (χ1) is 8.12. The number of thiol groups is 1. The first kappa shape index (κ1) is 13.2. The van der Waals surface area contributed by atoms with Crippen LogP contribution in [0.3, 0.4) is 0 Å². The van der Waals surface area contributed by atoms with Gasteiger partial charge in [0.2, 0.25) is 0 Å². The van der Waals surface area contributed by atoms with Crippen LogP contribution in [0.25, 0.3) is 10.8 Å². The van der Waals surface area contributed by atoms with Crippen molar-refractivity contribution in [3.05, 3.63) is 42.5 Å². The molecule has 2 aromatic rings. The minimum atomic E-state index is -3.72. The van der Waals surface area contributed by atoms with E-state index >= 15 is 0 Å². The topological polar surface area (TPSA) is 46.5 Å². The molecule has 0 aliphatic carbocycles. The zero-order chi connectivity index (χ0) is 12.3. The maximum absolute atomic E-state index is 11.7. The third-order valence-electron chi connectivity index (χ3n) is 2.09. The molecule has 0 aliphatic rings. The van der Waals surface area contributed by atoms with Crippen LogP contribution in [0.15, 0.2) is 42.5 Å². The van der Waals surface area contributed by atoms with E-state index in [9.17, 15) is 9.46 Å². The Labute approximate surface area is 111 Å². The number of rotatable bonds is 4. The van der Waals surface area contributed by atoms with Crippen molar-refractivity contribution in [3.8, 4) is 5.75 Å². The summed E-state index contributed by atoms with van der Waals surface area (Å²) in [6.07, 6.45) is 0. The van der Waals surface area contributed by atoms with Gasteiger partial charge in [0.1, 0.15) is 5.75 Å². The molecule has 3 nitrogen and oxygen atoms in total. The largest absolute Gasteiger partial charge is 0.448 e. The van der Waals surface area contributed by atoms with Gasteiger partial charge in [-0.1, -0.05) is 48.1 Å². The normalized spacial score (nSPS) is 14.5. The van der Waals surface area contributed by atoms with Crippen molar-refractivity contribution in [1.29, 1.82) is 0 Å². The van der Waals surface area contributed by atoms with Crippen molar-refractivity contribution in [2.24, 2.45) is 0 Å². The van der Waals surface area contributed by atoms with E-state index in [4.69, 9.17) is 4.52 Å². The summed E-state index contributed by atoms with van der Waals surface area (Å²) in [5, 5.41) is 1.78. The molecule has 1 atom stereocenters. The van der Waals surface area contributed by atoms with Gasteiger partial charge in [0.15, 0.2) is 0 Å². The van der Waals surface area contributed by atoms with Crippen LogP contribution in [-0.4, -0.2) is 4.89 Å².